The number of rotatable bonds is 20. The number of non-ortho nitro benzene ring substituents is 4. The SMILES string of the molecule is CCCCN(CC[O-])CCO.CCCCN(CC[O-])CCO.O=C(O)c1cc([N+](=O)[O-])cc([N+](=O)[O-])c1.O=C(O)c1cc([N+](=O)[O-])cc([N+](=O)[O-])c1.[Cu+2]. The smallest absolute Gasteiger partial charge is 0.854 e. The van der Waals surface area contributed by atoms with Crippen molar-refractivity contribution in [2.75, 3.05) is 65.7 Å². The van der Waals surface area contributed by atoms with Crippen LogP contribution in [0.15, 0.2) is 36.4 Å². The van der Waals surface area contributed by atoms with Crippen LogP contribution in [0.25, 0.3) is 0 Å². The van der Waals surface area contributed by atoms with Gasteiger partial charge >= 0.3 is 29.0 Å². The fourth-order valence-corrected chi connectivity index (χ4v) is 3.83. The summed E-state index contributed by atoms with van der Waals surface area (Å²) in [6.45, 7) is 8.73. The first-order valence-electron chi connectivity index (χ1n) is 15.7. The third-order valence-corrected chi connectivity index (χ3v) is 6.45. The van der Waals surface area contributed by atoms with Crippen molar-refractivity contribution in [1.82, 2.24) is 9.80 Å². The largest absolute Gasteiger partial charge is 2.00 e. The number of nitrogens with zero attached hydrogens (tertiary/aromatic N) is 6. The van der Waals surface area contributed by atoms with Crippen molar-refractivity contribution in [1.29, 1.82) is 0 Å². The number of carbonyl (C=O) groups is 2. The fraction of sp³-hybridized carbons (Fsp3) is 0.533. The number of hydrogen-bond donors (Lipinski definition) is 4. The van der Waals surface area contributed by atoms with Gasteiger partial charge in [0.2, 0.25) is 0 Å². The molecule has 0 unspecified atom stereocenters. The number of aliphatic hydroxyl groups is 2. The molecule has 53 heavy (non-hydrogen) atoms. The average molecular weight is 808 g/mol. The molecule has 0 bridgehead atoms. The number of aromatic carboxylic acids is 2. The predicted molar refractivity (Wildman–Crippen MR) is 180 cm³/mol. The second-order valence-corrected chi connectivity index (χ2v) is 10.4. The second-order valence-electron chi connectivity index (χ2n) is 10.4. The van der Waals surface area contributed by atoms with Crippen molar-refractivity contribution in [2.24, 2.45) is 0 Å². The molecule has 1 radical (unpaired) electrons. The Balaban J connectivity index is -0.000000633. The number of nitro benzene ring substituents is 4. The van der Waals surface area contributed by atoms with Crippen molar-refractivity contribution < 1.29 is 77.0 Å². The van der Waals surface area contributed by atoms with E-state index in [0.717, 1.165) is 63.0 Å². The van der Waals surface area contributed by atoms with E-state index in [4.69, 9.17) is 20.4 Å². The van der Waals surface area contributed by atoms with E-state index in [9.17, 15) is 60.3 Å². The molecule has 0 amide bonds. The first kappa shape index (κ1) is 52.6. The molecule has 0 aromatic heterocycles. The monoisotopic (exact) mass is 807 g/mol. The van der Waals surface area contributed by atoms with Crippen LogP contribution in [0.1, 0.15) is 60.2 Å². The number of carboxylic acids is 2. The molecule has 0 aliphatic rings. The summed E-state index contributed by atoms with van der Waals surface area (Å²) in [5, 5.41) is 96.2. The van der Waals surface area contributed by atoms with Crippen LogP contribution in [0.5, 0.6) is 0 Å². The molecule has 0 aliphatic carbocycles. The first-order chi connectivity index (χ1) is 24.5. The third kappa shape index (κ3) is 24.2. The second kappa shape index (κ2) is 30.8. The van der Waals surface area contributed by atoms with Crippen LogP contribution in [0.3, 0.4) is 0 Å². The number of carboxylic acid groups (broad SMARTS) is 2. The predicted octanol–water partition coefficient (Wildman–Crippen LogP) is 1.28. The van der Waals surface area contributed by atoms with Crippen LogP contribution in [-0.4, -0.2) is 128 Å². The van der Waals surface area contributed by atoms with E-state index in [2.05, 4.69) is 13.8 Å². The van der Waals surface area contributed by atoms with Crippen LogP contribution in [0, 0.1) is 40.5 Å². The standard InChI is InChI=1S/2C8H18NO2.2C7H4N2O6.Cu/c2*1-2-3-4-9(5-7-10)6-8-11;2*10-7(11)4-1-5(8(12)13)3-6(2-4)9(14)15;/h2*10H,2-8H2,1H3;2*1-3H,(H,10,11);/q2*-1;;;+2. The summed E-state index contributed by atoms with van der Waals surface area (Å²) < 4.78 is 0. The molecule has 0 fully saturated rings. The minimum Gasteiger partial charge on any atom is -0.854 e. The van der Waals surface area contributed by atoms with Crippen molar-refractivity contribution >= 4 is 34.7 Å². The van der Waals surface area contributed by atoms with Gasteiger partial charge in [0.1, 0.15) is 0 Å². The molecule has 0 spiro atoms. The average Bonchev–Trinajstić information content (AvgIpc) is 3.10. The summed E-state index contributed by atoms with van der Waals surface area (Å²) in [5.74, 6) is -2.91. The van der Waals surface area contributed by atoms with Gasteiger partial charge in [-0.05, 0) is 39.0 Å². The van der Waals surface area contributed by atoms with E-state index in [-0.39, 0.29) is 43.5 Å². The molecule has 2 aromatic carbocycles. The zero-order valence-electron chi connectivity index (χ0n) is 29.0. The minimum absolute atomic E-state index is 0. The van der Waals surface area contributed by atoms with E-state index in [1.165, 1.54) is 0 Å². The number of benzene rings is 2. The maximum Gasteiger partial charge on any atom is 2.00 e. The van der Waals surface area contributed by atoms with Crippen LogP contribution in [0.4, 0.5) is 22.7 Å². The number of hydrogen-bond acceptors (Lipinski definition) is 16. The summed E-state index contributed by atoms with van der Waals surface area (Å²) in [7, 11) is 0. The summed E-state index contributed by atoms with van der Waals surface area (Å²) in [4.78, 5) is 62.8. The van der Waals surface area contributed by atoms with Crippen molar-refractivity contribution in [2.45, 2.75) is 39.5 Å². The van der Waals surface area contributed by atoms with E-state index in [0.29, 0.717) is 38.3 Å². The topological polar surface area (TPSA) is 340 Å². The van der Waals surface area contributed by atoms with Crippen molar-refractivity contribution in [3.8, 4) is 0 Å². The Kier molecular flexibility index (Phi) is 30.6. The quantitative estimate of drug-likeness (QED) is 0.0831. The summed E-state index contributed by atoms with van der Waals surface area (Å²) in [5.41, 5.74) is -3.47. The maximum atomic E-state index is 10.5. The maximum absolute atomic E-state index is 10.5. The Bertz CT molecular complexity index is 1160. The molecule has 0 saturated carbocycles. The zero-order valence-corrected chi connectivity index (χ0v) is 30.0. The molecular formula is C30H44CuN6O16. The molecular weight excluding hydrogens is 764 g/mol. The van der Waals surface area contributed by atoms with Gasteiger partial charge in [0.25, 0.3) is 22.7 Å². The third-order valence-electron chi connectivity index (χ3n) is 6.45. The van der Waals surface area contributed by atoms with Gasteiger partial charge < -0.3 is 40.4 Å². The molecule has 301 valence electrons. The Labute approximate surface area is 314 Å². The molecule has 22 nitrogen and oxygen atoms in total. The van der Waals surface area contributed by atoms with Gasteiger partial charge in [0.15, 0.2) is 0 Å². The van der Waals surface area contributed by atoms with E-state index < -0.39 is 65.5 Å². The Morgan fingerprint density at radius 3 is 0.981 bits per heavy atom. The molecule has 4 N–H and O–H groups in total. The Hall–Kier alpha value is -4.74. The van der Waals surface area contributed by atoms with Gasteiger partial charge in [-0.2, -0.15) is 0 Å². The van der Waals surface area contributed by atoms with Crippen molar-refractivity contribution in [3.63, 3.8) is 0 Å². The molecule has 0 aliphatic heterocycles. The van der Waals surface area contributed by atoms with E-state index in [1.807, 2.05) is 9.80 Å². The van der Waals surface area contributed by atoms with Crippen LogP contribution >= 0.6 is 0 Å². The minimum atomic E-state index is -1.46. The molecule has 23 heteroatoms. The van der Waals surface area contributed by atoms with Gasteiger partial charge in [0, 0.05) is 37.4 Å². The van der Waals surface area contributed by atoms with Crippen LogP contribution in [-0.2, 0) is 17.1 Å². The molecule has 0 heterocycles. The molecule has 2 aromatic rings. The van der Waals surface area contributed by atoms with E-state index in [1.54, 1.807) is 0 Å². The van der Waals surface area contributed by atoms with Crippen molar-refractivity contribution in [3.05, 3.63) is 88.0 Å². The van der Waals surface area contributed by atoms with Gasteiger partial charge in [-0.15, -0.1) is 13.2 Å². The molecule has 2 rings (SSSR count). The number of unbranched alkanes of at least 4 members (excludes halogenated alkanes) is 2. The summed E-state index contributed by atoms with van der Waals surface area (Å²) in [6.07, 6.45) is 4.50. The van der Waals surface area contributed by atoms with Gasteiger partial charge in [-0.25, -0.2) is 9.59 Å². The van der Waals surface area contributed by atoms with Gasteiger partial charge in [-0.1, -0.05) is 26.7 Å². The van der Waals surface area contributed by atoms with Gasteiger partial charge in [0.05, 0.1) is 56.2 Å². The number of aliphatic hydroxyl groups excluding tert-OH is 2. The molecule has 0 saturated heterocycles. The van der Waals surface area contributed by atoms with E-state index >= 15 is 0 Å². The Morgan fingerprint density at radius 1 is 0.547 bits per heavy atom. The van der Waals surface area contributed by atoms with Crippen LogP contribution in [0.2, 0.25) is 0 Å². The summed E-state index contributed by atoms with van der Waals surface area (Å²) >= 11 is 0. The Morgan fingerprint density at radius 2 is 0.811 bits per heavy atom. The van der Waals surface area contributed by atoms with Gasteiger partial charge in [-0.3, -0.25) is 40.5 Å². The number of nitro groups is 4. The fourth-order valence-electron chi connectivity index (χ4n) is 3.83. The zero-order chi connectivity index (χ0) is 40.2. The normalized spacial score (nSPS) is 9.96. The van der Waals surface area contributed by atoms with Crippen LogP contribution < -0.4 is 10.2 Å². The first-order valence-corrected chi connectivity index (χ1v) is 15.7. The molecule has 0 atom stereocenters. The summed E-state index contributed by atoms with van der Waals surface area (Å²) in [6, 6.07) is 4.44.